The van der Waals surface area contributed by atoms with Gasteiger partial charge in [-0.15, -0.1) is 0 Å². The number of carbonyl (C=O) groups excluding carboxylic acids is 3. The van der Waals surface area contributed by atoms with Gasteiger partial charge < -0.3 is 20.0 Å². The van der Waals surface area contributed by atoms with E-state index in [1.54, 1.807) is 13.2 Å². The van der Waals surface area contributed by atoms with Gasteiger partial charge in [0.05, 0.1) is 17.8 Å². The molecule has 0 saturated carbocycles. The first-order chi connectivity index (χ1) is 24.5. The largest absolute Gasteiger partial charge is 0.379 e. The maximum atomic E-state index is 13.6. The normalized spacial score (nSPS) is 24.0. The Morgan fingerprint density at radius 3 is 2.31 bits per heavy atom. The number of piperidine rings is 4. The summed E-state index contributed by atoms with van der Waals surface area (Å²) in [6.45, 7) is 7.45. The summed E-state index contributed by atoms with van der Waals surface area (Å²) < 4.78 is 1.81. The summed E-state index contributed by atoms with van der Waals surface area (Å²) in [5.74, 6) is -0.223. The molecule has 2 N–H and O–H groups in total. The minimum atomic E-state index is -0.263. The molecule has 1 unspecified atom stereocenters. The minimum absolute atomic E-state index is 0.115. The monoisotopic (exact) mass is 757 g/mol. The van der Waals surface area contributed by atoms with Gasteiger partial charge in [0.25, 0.3) is 11.5 Å². The second-order valence-electron chi connectivity index (χ2n) is 15.2. The number of carbonyl (C=O) groups is 3. The van der Waals surface area contributed by atoms with Crippen molar-refractivity contribution in [3.05, 3.63) is 85.7 Å². The number of aromatic nitrogens is 2. The Morgan fingerprint density at radius 1 is 0.941 bits per heavy atom. The van der Waals surface area contributed by atoms with Gasteiger partial charge in [0, 0.05) is 70.0 Å². The first kappa shape index (κ1) is 35.4. The fourth-order valence-electron chi connectivity index (χ4n) is 8.75. The Labute approximate surface area is 307 Å². The molecule has 0 aliphatic carbocycles. The van der Waals surface area contributed by atoms with Crippen molar-refractivity contribution in [2.75, 3.05) is 56.5 Å². The molecule has 5 heterocycles. The summed E-state index contributed by atoms with van der Waals surface area (Å²) >= 11 is 3.43. The molecule has 4 fully saturated rings. The lowest BCUT2D eigenvalue weighted by molar-refractivity contribution is -0.134. The quantitative estimate of drug-likeness (QED) is 0.345. The lowest BCUT2D eigenvalue weighted by atomic mass is 9.71. The van der Waals surface area contributed by atoms with Crippen LogP contribution >= 0.6 is 15.9 Å². The number of hydrogen-bond acceptors (Lipinski definition) is 8. The van der Waals surface area contributed by atoms with Crippen molar-refractivity contribution in [1.29, 1.82) is 0 Å². The number of benzene rings is 2. The number of imide groups is 1. The third-order valence-electron chi connectivity index (χ3n) is 11.8. The number of rotatable bonds is 6. The van der Waals surface area contributed by atoms with Gasteiger partial charge >= 0.3 is 0 Å². The number of likely N-dealkylation sites (N-methyl/N-ethyl adjacent to an activating group) is 1. The van der Waals surface area contributed by atoms with Gasteiger partial charge in [-0.1, -0.05) is 24.3 Å². The summed E-state index contributed by atoms with van der Waals surface area (Å²) in [5, 5.41) is 10.2. The molecule has 3 aromatic rings. The van der Waals surface area contributed by atoms with Crippen LogP contribution in [0.1, 0.15) is 83.8 Å². The molecule has 0 bridgehead atoms. The molecule has 51 heavy (non-hydrogen) atoms. The number of halogens is 1. The zero-order valence-electron chi connectivity index (χ0n) is 29.8. The van der Waals surface area contributed by atoms with Gasteiger partial charge in [0.1, 0.15) is 4.47 Å². The molecule has 4 aliphatic heterocycles. The fraction of sp³-hybridized carbons (Fsp3) is 0.513. The highest BCUT2D eigenvalue weighted by Gasteiger charge is 2.39. The van der Waals surface area contributed by atoms with Crippen LogP contribution in [-0.4, -0.2) is 89.7 Å². The predicted molar refractivity (Wildman–Crippen MR) is 201 cm³/mol. The Morgan fingerprint density at radius 2 is 1.63 bits per heavy atom. The number of amides is 3. The Bertz CT molecular complexity index is 1860. The minimum Gasteiger partial charge on any atom is -0.379 e. The van der Waals surface area contributed by atoms with Crippen LogP contribution in [0.4, 0.5) is 11.4 Å². The summed E-state index contributed by atoms with van der Waals surface area (Å²) in [6, 6.07) is 14.7. The Balaban J connectivity index is 0.912. The molecule has 0 radical (unpaired) electrons. The molecule has 1 aromatic heterocycles. The molecule has 2 aromatic carbocycles. The van der Waals surface area contributed by atoms with Crippen LogP contribution in [0, 0.1) is 12.3 Å². The first-order valence-electron chi connectivity index (χ1n) is 18.2. The van der Waals surface area contributed by atoms with E-state index >= 15 is 0 Å². The highest BCUT2D eigenvalue weighted by Crippen LogP contribution is 2.43. The zero-order chi connectivity index (χ0) is 35.9. The van der Waals surface area contributed by atoms with Crippen molar-refractivity contribution in [3.63, 3.8) is 0 Å². The van der Waals surface area contributed by atoms with Crippen molar-refractivity contribution >= 4 is 45.0 Å². The molecule has 1 spiro atoms. The number of nitrogens with zero attached hydrogens (tertiary/aromatic N) is 5. The van der Waals surface area contributed by atoms with Crippen LogP contribution < -0.4 is 21.1 Å². The third-order valence-corrected chi connectivity index (χ3v) is 12.6. The van der Waals surface area contributed by atoms with E-state index in [0.717, 1.165) is 88.1 Å². The van der Waals surface area contributed by atoms with E-state index < -0.39 is 0 Å². The van der Waals surface area contributed by atoms with E-state index in [0.29, 0.717) is 28.9 Å². The van der Waals surface area contributed by atoms with E-state index in [-0.39, 0.29) is 40.7 Å². The van der Waals surface area contributed by atoms with Gasteiger partial charge in [-0.3, -0.25) is 24.5 Å². The van der Waals surface area contributed by atoms with E-state index in [2.05, 4.69) is 85.8 Å². The highest BCUT2D eigenvalue weighted by atomic mass is 79.9. The molecule has 12 heteroatoms. The SMILES string of the molecule is Cc1cc(C2CCC(=O)NC2=O)ccc1N1CCC2(CCN(C(=O)c3ccc([C@H]4C[C@@H](Nc5cnn(C)c(=O)c5Br)CN(C)C4)cc3)CC2)CC1. The molecular weight excluding hydrogens is 710 g/mol. The average Bonchev–Trinajstić information content (AvgIpc) is 3.12. The Kier molecular flexibility index (Phi) is 10.1. The molecule has 3 atom stereocenters. The smallest absolute Gasteiger partial charge is 0.282 e. The van der Waals surface area contributed by atoms with E-state index in [1.807, 2.05) is 17.0 Å². The topological polar surface area (TPSA) is 120 Å². The second-order valence-corrected chi connectivity index (χ2v) is 16.0. The van der Waals surface area contributed by atoms with Gasteiger partial charge in [-0.05, 0) is 115 Å². The van der Waals surface area contributed by atoms with Gasteiger partial charge in [-0.2, -0.15) is 5.10 Å². The number of hydrogen-bond donors (Lipinski definition) is 2. The molecule has 7 rings (SSSR count). The molecule has 270 valence electrons. The van der Waals surface area contributed by atoms with Crippen LogP contribution in [-0.2, 0) is 16.6 Å². The molecular formula is C39H48BrN7O4. The fourth-order valence-corrected chi connectivity index (χ4v) is 9.22. The maximum Gasteiger partial charge on any atom is 0.282 e. The summed E-state index contributed by atoms with van der Waals surface area (Å²) in [4.78, 5) is 56.8. The zero-order valence-corrected chi connectivity index (χ0v) is 31.4. The first-order valence-corrected chi connectivity index (χ1v) is 19.0. The van der Waals surface area contributed by atoms with Crippen molar-refractivity contribution in [3.8, 4) is 0 Å². The maximum absolute atomic E-state index is 13.6. The van der Waals surface area contributed by atoms with Crippen molar-refractivity contribution < 1.29 is 14.4 Å². The number of anilines is 2. The van der Waals surface area contributed by atoms with E-state index in [1.165, 1.54) is 15.9 Å². The molecule has 11 nitrogen and oxygen atoms in total. The second kappa shape index (κ2) is 14.5. The highest BCUT2D eigenvalue weighted by molar-refractivity contribution is 9.10. The molecule has 3 amide bonds. The molecule has 4 saturated heterocycles. The van der Waals surface area contributed by atoms with Crippen molar-refractivity contribution in [1.82, 2.24) is 24.9 Å². The van der Waals surface area contributed by atoms with Gasteiger partial charge in [0.15, 0.2) is 0 Å². The summed E-state index contributed by atoms with van der Waals surface area (Å²) in [5.41, 5.74) is 6.14. The van der Waals surface area contributed by atoms with Crippen LogP contribution in [0.2, 0.25) is 0 Å². The lowest BCUT2D eigenvalue weighted by Crippen LogP contribution is -2.48. The van der Waals surface area contributed by atoms with E-state index in [4.69, 9.17) is 0 Å². The van der Waals surface area contributed by atoms with Crippen LogP contribution in [0.15, 0.2) is 57.9 Å². The average molecular weight is 759 g/mol. The third kappa shape index (κ3) is 7.48. The molecule has 4 aliphatic rings. The number of aryl methyl sites for hydroxylation is 2. The standard InChI is InChI=1S/C39H48BrN7O4/c1-25-20-28(31-9-11-34(48)43-36(31)49)8-10-33(25)46-16-12-39(13-17-46)14-18-47(19-15-39)37(50)27-6-4-26(5-7-27)29-21-30(24-44(2)23-29)42-32-22-41-45(3)38(51)35(32)40/h4-8,10,20,22,29-31,42H,9,11-19,21,23-24H2,1-3H3,(H,43,48,49)/t29-,30+,31?/m0/s1. The van der Waals surface area contributed by atoms with Crippen molar-refractivity contribution in [2.45, 2.75) is 69.7 Å². The van der Waals surface area contributed by atoms with E-state index in [9.17, 15) is 19.2 Å². The van der Waals surface area contributed by atoms with Gasteiger partial charge in [0.2, 0.25) is 11.8 Å². The van der Waals surface area contributed by atoms with Gasteiger partial charge in [-0.25, -0.2) is 4.68 Å². The number of likely N-dealkylation sites (tertiary alicyclic amines) is 2. The predicted octanol–water partition coefficient (Wildman–Crippen LogP) is 4.79. The number of nitrogens with one attached hydrogen (secondary N) is 2. The van der Waals surface area contributed by atoms with Crippen molar-refractivity contribution in [2.24, 2.45) is 12.5 Å². The lowest BCUT2D eigenvalue weighted by Gasteiger charge is -2.47. The van der Waals surface area contributed by atoms with Crippen LogP contribution in [0.3, 0.4) is 0 Å². The van der Waals surface area contributed by atoms with Crippen LogP contribution in [0.5, 0.6) is 0 Å². The Hall–Kier alpha value is -4.03. The summed E-state index contributed by atoms with van der Waals surface area (Å²) in [6.07, 6.45) is 7.83. The van der Waals surface area contributed by atoms with Crippen LogP contribution in [0.25, 0.3) is 0 Å². The summed E-state index contributed by atoms with van der Waals surface area (Å²) in [7, 11) is 3.76.